The number of hydrogen-bond acceptors (Lipinski definition) is 2. The van der Waals surface area contributed by atoms with Crippen molar-refractivity contribution < 1.29 is 115 Å². The molecule has 0 fully saturated rings. The lowest BCUT2D eigenvalue weighted by molar-refractivity contribution is -0.851. The summed E-state index contributed by atoms with van der Waals surface area (Å²) in [4.78, 5) is 5.79. The molecule has 0 aliphatic carbocycles. The van der Waals surface area contributed by atoms with Crippen molar-refractivity contribution >= 4 is 65.5 Å². The summed E-state index contributed by atoms with van der Waals surface area (Å²) in [5.41, 5.74) is -27.2. The third kappa shape index (κ3) is 12.7. The number of thiazole rings is 1. The Bertz CT molecular complexity index is 2720. The predicted octanol–water partition coefficient (Wildman–Crippen LogP) is 15.0. The molecule has 7 rings (SSSR count). The van der Waals surface area contributed by atoms with Crippen LogP contribution in [0.2, 0.25) is 0 Å². The molecule has 0 bridgehead atoms. The Morgan fingerprint density at radius 3 is 0.865 bits per heavy atom. The van der Waals surface area contributed by atoms with E-state index in [9.17, 15) is 105 Å². The highest BCUT2D eigenvalue weighted by molar-refractivity contribution is 9.10. The van der Waals surface area contributed by atoms with Crippen LogP contribution in [0.4, 0.5) is 105 Å². The molecule has 2 nitrogen and oxygen atoms in total. The van der Waals surface area contributed by atoms with Gasteiger partial charge < -0.3 is 0 Å². The summed E-state index contributed by atoms with van der Waals surface area (Å²) in [6.45, 7) is 0. The Morgan fingerprint density at radius 1 is 0.351 bits per heavy atom. The summed E-state index contributed by atoms with van der Waals surface area (Å²) in [6.07, 6.45) is -54.8. The first-order valence-corrected chi connectivity index (χ1v) is 21.4. The molecule has 0 radical (unpaired) electrons. The lowest BCUT2D eigenvalue weighted by Crippen LogP contribution is -2.75. The van der Waals surface area contributed by atoms with Gasteiger partial charge in [0.05, 0.1) is 44.5 Å². The molecule has 6 aromatic carbocycles. The van der Waals surface area contributed by atoms with Crippen LogP contribution in [0.3, 0.4) is 0 Å². The minimum Gasteiger partial charge on any atom is -0.230 e. The van der Waals surface area contributed by atoms with Crippen molar-refractivity contribution in [1.82, 2.24) is 0 Å². The normalized spacial score (nSPS) is 13.5. The number of alkyl halides is 24. The van der Waals surface area contributed by atoms with Gasteiger partial charge in [0.1, 0.15) is 10.8 Å². The number of nitrogens with zero attached hydrogens (tertiary/aromatic N) is 1. The molecule has 0 unspecified atom stereocenters. The Balaban J connectivity index is 0.000000436. The second-order valence-corrected chi connectivity index (χ2v) is 17.6. The summed E-state index contributed by atoms with van der Waals surface area (Å²) < 4.78 is 345. The van der Waals surface area contributed by atoms with Crippen LogP contribution in [-0.4, -0.2) is 6.15 Å². The van der Waals surface area contributed by atoms with Crippen LogP contribution in [0.1, 0.15) is 44.5 Å². The van der Waals surface area contributed by atoms with Crippen molar-refractivity contribution in [2.45, 2.75) is 49.4 Å². The van der Waals surface area contributed by atoms with Crippen molar-refractivity contribution in [1.29, 1.82) is 0 Å². The van der Waals surface area contributed by atoms with Gasteiger partial charge in [-0.1, -0.05) is 87.9 Å². The topological polar surface area (TPSA) is 13.1 Å². The average molecular weight is 1170 g/mol. The third-order valence-corrected chi connectivity index (χ3v) is 12.3. The maximum absolute atomic E-state index is 14.2. The molecule has 0 aliphatic rings. The fraction of sp³-hybridized carbons (Fsp3) is 0.178. The Kier molecular flexibility index (Phi) is 15.1. The maximum Gasteiger partial charge on any atom is 0.416 e. The molecule has 0 saturated heterocycles. The van der Waals surface area contributed by atoms with Crippen molar-refractivity contribution in [2.24, 2.45) is 0 Å². The van der Waals surface area contributed by atoms with E-state index in [1.807, 2.05) is 48.0 Å². The van der Waals surface area contributed by atoms with Crippen LogP contribution < -0.4 is 31.4 Å². The SMILES string of the molecule is Brc1ccc(O[n+]2csc3ccccc32)cc1.FC(F)(F)c1cc([B-](c2cc(C(F)(F)F)cc(C(F)(F)F)c2)(c2cc(C(F)(F)F)cc(C(F)(F)F)c2)c2cc(C(F)(F)F)cc(C(F)(F)F)c2)cc(C(F)(F)F)c1. The number of halogens is 25. The van der Waals surface area contributed by atoms with Crippen LogP contribution in [0.15, 0.2) is 131 Å². The first-order chi connectivity index (χ1) is 33.6. The van der Waals surface area contributed by atoms with E-state index < -0.39 is 195 Å². The van der Waals surface area contributed by atoms with Crippen molar-refractivity contribution in [3.63, 3.8) is 0 Å². The highest BCUT2D eigenvalue weighted by atomic mass is 79.9. The zero-order valence-corrected chi connectivity index (χ0v) is 37.8. The molecule has 0 N–H and O–H groups in total. The molecule has 0 aliphatic heterocycles. The summed E-state index contributed by atoms with van der Waals surface area (Å²) in [5.74, 6) is 0.821. The number of aromatic nitrogens is 1. The fourth-order valence-corrected chi connectivity index (χ4v) is 8.72. The first kappa shape index (κ1) is 57.2. The minimum absolute atomic E-state index is 0.691. The molecule has 1 aromatic heterocycles. The zero-order chi connectivity index (χ0) is 55.6. The minimum atomic E-state index is -6.13. The monoisotopic (exact) mass is 1170 g/mol. The second kappa shape index (κ2) is 19.5. The molecule has 74 heavy (non-hydrogen) atoms. The summed E-state index contributed by atoms with van der Waals surface area (Å²) in [6, 6.07) is 7.16. The van der Waals surface area contributed by atoms with E-state index >= 15 is 0 Å². The zero-order valence-electron chi connectivity index (χ0n) is 35.4. The molecule has 29 heteroatoms. The van der Waals surface area contributed by atoms with E-state index in [0.29, 0.717) is 0 Å². The molecular weight excluding hydrogens is 1150 g/mol. The van der Waals surface area contributed by atoms with E-state index in [0.717, 1.165) is 15.7 Å². The predicted molar refractivity (Wildman–Crippen MR) is 222 cm³/mol. The molecular formula is C45H21BBrF24NOS. The molecule has 0 atom stereocenters. The Morgan fingerprint density at radius 2 is 0.608 bits per heavy atom. The van der Waals surface area contributed by atoms with Gasteiger partial charge in [0, 0.05) is 15.3 Å². The highest BCUT2D eigenvalue weighted by Gasteiger charge is 2.47. The van der Waals surface area contributed by atoms with E-state index in [-0.39, 0.29) is 0 Å². The number of para-hydroxylation sites is 1. The highest BCUT2D eigenvalue weighted by Crippen LogP contribution is 2.41. The summed E-state index contributed by atoms with van der Waals surface area (Å²) in [7, 11) is 0. The maximum atomic E-state index is 14.2. The number of benzene rings is 6. The fourth-order valence-electron chi connectivity index (χ4n) is 7.65. The van der Waals surface area contributed by atoms with Gasteiger partial charge in [-0.3, -0.25) is 0 Å². The van der Waals surface area contributed by atoms with Crippen LogP contribution in [0, 0.1) is 0 Å². The van der Waals surface area contributed by atoms with Crippen LogP contribution in [0.5, 0.6) is 5.75 Å². The standard InChI is InChI=1S/C32H12BF24.C13H9BrNOS/c34-25(35,36)13-1-14(26(37,38)39)6-21(5-13)33(22-7-15(27(40,41)42)2-16(8-22)28(43,44)45,23-9-17(29(46,47)48)3-18(10-23)30(49,50)51)24-11-19(31(52,53)54)4-20(12-24)32(55,56)57;14-10-5-7-11(8-6-10)16-15-9-17-13-4-2-1-3-12(13)15/h1-12H;1-9H/q-1;+1. The van der Waals surface area contributed by atoms with Crippen LogP contribution >= 0.6 is 27.3 Å². The second-order valence-electron chi connectivity index (χ2n) is 15.8. The molecule has 396 valence electrons. The smallest absolute Gasteiger partial charge is 0.230 e. The van der Waals surface area contributed by atoms with Gasteiger partial charge in [-0.25, -0.2) is 4.84 Å². The van der Waals surface area contributed by atoms with Gasteiger partial charge in [-0.05, 0) is 54.6 Å². The van der Waals surface area contributed by atoms with Crippen molar-refractivity contribution in [3.05, 3.63) is 176 Å². The van der Waals surface area contributed by atoms with Gasteiger partial charge in [-0.2, -0.15) is 127 Å². The van der Waals surface area contributed by atoms with Gasteiger partial charge in [0.2, 0.25) is 5.75 Å². The number of hydrogen-bond donors (Lipinski definition) is 0. The molecule has 0 amide bonds. The van der Waals surface area contributed by atoms with E-state index in [1.54, 1.807) is 16.1 Å². The summed E-state index contributed by atoms with van der Waals surface area (Å²) >= 11 is 5.07. The van der Waals surface area contributed by atoms with Crippen molar-refractivity contribution in [2.75, 3.05) is 0 Å². The van der Waals surface area contributed by atoms with Crippen LogP contribution in [-0.2, 0) is 49.4 Å². The Labute approximate surface area is 410 Å². The van der Waals surface area contributed by atoms with Crippen LogP contribution in [0.25, 0.3) is 10.2 Å². The molecule has 7 aromatic rings. The number of fused-ring (bicyclic) bond motifs is 1. The van der Waals surface area contributed by atoms with Gasteiger partial charge >= 0.3 is 49.4 Å². The first-order valence-electron chi connectivity index (χ1n) is 19.8. The lowest BCUT2D eigenvalue weighted by Gasteiger charge is -2.46. The van der Waals surface area contributed by atoms with Gasteiger partial charge in [0.25, 0.3) is 11.0 Å². The van der Waals surface area contributed by atoms with E-state index in [4.69, 9.17) is 4.84 Å². The van der Waals surface area contributed by atoms with Crippen molar-refractivity contribution in [3.8, 4) is 5.75 Å². The van der Waals surface area contributed by atoms with E-state index in [1.165, 1.54) is 4.70 Å². The quantitative estimate of drug-likeness (QED) is 0.0919. The van der Waals surface area contributed by atoms with E-state index in [2.05, 4.69) is 22.0 Å². The summed E-state index contributed by atoms with van der Waals surface area (Å²) in [5, 5.41) is 0. The molecule has 0 spiro atoms. The third-order valence-electron chi connectivity index (χ3n) is 10.8. The Hall–Kier alpha value is -6.13. The lowest BCUT2D eigenvalue weighted by atomic mass is 9.12. The molecule has 0 saturated carbocycles. The van der Waals surface area contributed by atoms with Gasteiger partial charge in [0.15, 0.2) is 0 Å². The van der Waals surface area contributed by atoms with Gasteiger partial charge in [-0.15, -0.1) is 0 Å². The number of rotatable bonds is 6. The largest absolute Gasteiger partial charge is 0.416 e. The molecule has 1 heterocycles. The average Bonchev–Trinajstić information content (AvgIpc) is 3.67.